The monoisotopic (exact) mass is 283 g/mol. The maximum absolute atomic E-state index is 6.01. The van der Waals surface area contributed by atoms with Crippen molar-refractivity contribution in [3.63, 3.8) is 0 Å². The van der Waals surface area contributed by atoms with Crippen LogP contribution >= 0.6 is 11.6 Å². The van der Waals surface area contributed by atoms with Crippen LogP contribution in [0.15, 0.2) is 6.07 Å². The molecule has 1 heterocycles. The largest absolute Gasteiger partial charge is 0.377 e. The minimum absolute atomic E-state index is 0.386. The van der Waals surface area contributed by atoms with Crippen LogP contribution in [0.25, 0.3) is 0 Å². The molecule has 1 aromatic heterocycles. The number of ether oxygens (including phenoxy) is 1. The molecule has 4 nitrogen and oxygen atoms in total. The van der Waals surface area contributed by atoms with Gasteiger partial charge in [-0.05, 0) is 18.8 Å². The molecule has 0 amide bonds. The van der Waals surface area contributed by atoms with E-state index >= 15 is 0 Å². The van der Waals surface area contributed by atoms with E-state index in [1.807, 2.05) is 0 Å². The molecule has 1 N–H and O–H groups in total. The lowest BCUT2D eigenvalue weighted by molar-refractivity contribution is 0.178. The summed E-state index contributed by atoms with van der Waals surface area (Å²) >= 11 is 6.01. The molecule has 1 saturated carbocycles. The van der Waals surface area contributed by atoms with Gasteiger partial charge in [0.25, 0.3) is 0 Å². The number of anilines is 1. The molecule has 1 fully saturated rings. The van der Waals surface area contributed by atoms with Gasteiger partial charge in [-0.2, -0.15) is 0 Å². The highest BCUT2D eigenvalue weighted by molar-refractivity contribution is 6.29. The van der Waals surface area contributed by atoms with E-state index in [1.165, 1.54) is 32.1 Å². The molecular weight excluding hydrogens is 262 g/mol. The predicted molar refractivity (Wildman–Crippen MR) is 77.4 cm³/mol. The summed E-state index contributed by atoms with van der Waals surface area (Å²) in [6, 6.07) is 2.29. The van der Waals surface area contributed by atoms with Gasteiger partial charge in [-0.1, -0.05) is 37.8 Å². The van der Waals surface area contributed by atoms with Crippen LogP contribution in [0, 0.1) is 5.92 Å². The van der Waals surface area contributed by atoms with Crippen molar-refractivity contribution in [1.82, 2.24) is 9.97 Å². The minimum Gasteiger partial charge on any atom is -0.377 e. The van der Waals surface area contributed by atoms with E-state index in [-0.39, 0.29) is 0 Å². The fraction of sp³-hybridized carbons (Fsp3) is 0.714. The van der Waals surface area contributed by atoms with Crippen LogP contribution in [-0.4, -0.2) is 23.1 Å². The zero-order valence-corrected chi connectivity index (χ0v) is 12.4. The van der Waals surface area contributed by atoms with Crippen molar-refractivity contribution in [2.45, 2.75) is 51.7 Å². The van der Waals surface area contributed by atoms with Gasteiger partial charge in [0.15, 0.2) is 5.82 Å². The number of hydrogen-bond acceptors (Lipinski definition) is 4. The molecule has 1 aliphatic rings. The molecule has 0 bridgehead atoms. The topological polar surface area (TPSA) is 47.0 Å². The molecule has 2 unspecified atom stereocenters. The Bertz CT molecular complexity index is 414. The number of halogens is 1. The van der Waals surface area contributed by atoms with Crippen LogP contribution < -0.4 is 5.32 Å². The lowest BCUT2D eigenvalue weighted by Gasteiger charge is -2.29. The molecule has 1 aromatic rings. The van der Waals surface area contributed by atoms with Gasteiger partial charge in [0, 0.05) is 19.2 Å². The van der Waals surface area contributed by atoms with Crippen LogP contribution in [0.1, 0.15) is 44.9 Å². The standard InChI is InChI=1S/C14H22ClN3O/c1-3-10-5-4-6-11(7-10)16-13-8-12(15)17-14(18-13)9-19-2/h8,10-11H,3-7,9H2,1-2H3,(H,16,17,18). The number of nitrogens with zero attached hydrogens (tertiary/aromatic N) is 2. The smallest absolute Gasteiger partial charge is 0.158 e. The maximum atomic E-state index is 6.01. The van der Waals surface area contributed by atoms with Crippen molar-refractivity contribution in [3.05, 3.63) is 17.0 Å². The van der Waals surface area contributed by atoms with Crippen LogP contribution in [0.5, 0.6) is 0 Å². The van der Waals surface area contributed by atoms with Crippen LogP contribution in [-0.2, 0) is 11.3 Å². The molecule has 19 heavy (non-hydrogen) atoms. The molecule has 0 aromatic carbocycles. The summed E-state index contributed by atoms with van der Waals surface area (Å²) in [4.78, 5) is 8.57. The third kappa shape index (κ3) is 4.32. The lowest BCUT2D eigenvalue weighted by atomic mass is 9.84. The Morgan fingerprint density at radius 3 is 3.00 bits per heavy atom. The van der Waals surface area contributed by atoms with Crippen molar-refractivity contribution in [3.8, 4) is 0 Å². The molecule has 0 radical (unpaired) electrons. The molecule has 106 valence electrons. The average molecular weight is 284 g/mol. The molecule has 2 atom stereocenters. The van der Waals surface area contributed by atoms with Gasteiger partial charge >= 0.3 is 0 Å². The quantitative estimate of drug-likeness (QED) is 0.838. The summed E-state index contributed by atoms with van der Waals surface area (Å²) in [5.74, 6) is 2.27. The fourth-order valence-electron chi connectivity index (χ4n) is 2.73. The van der Waals surface area contributed by atoms with Gasteiger partial charge in [0.1, 0.15) is 17.6 Å². The Kier molecular flexibility index (Phi) is 5.40. The molecule has 0 spiro atoms. The summed E-state index contributed by atoms with van der Waals surface area (Å²) in [5.41, 5.74) is 0. The molecule has 5 heteroatoms. The molecular formula is C14H22ClN3O. The Morgan fingerprint density at radius 1 is 1.42 bits per heavy atom. The molecule has 2 rings (SSSR count). The highest BCUT2D eigenvalue weighted by atomic mass is 35.5. The summed E-state index contributed by atoms with van der Waals surface area (Å²) in [7, 11) is 1.63. The second-order valence-corrected chi connectivity index (χ2v) is 5.59. The number of aromatic nitrogens is 2. The van der Waals surface area contributed by atoms with E-state index in [1.54, 1.807) is 13.2 Å². The normalized spacial score (nSPS) is 23.3. The second-order valence-electron chi connectivity index (χ2n) is 5.21. The Balaban J connectivity index is 2.01. The van der Waals surface area contributed by atoms with Gasteiger partial charge in [-0.25, -0.2) is 9.97 Å². The molecule has 0 aliphatic heterocycles. The van der Waals surface area contributed by atoms with Crippen molar-refractivity contribution < 1.29 is 4.74 Å². The number of hydrogen-bond donors (Lipinski definition) is 1. The van der Waals surface area contributed by atoms with E-state index in [9.17, 15) is 0 Å². The van der Waals surface area contributed by atoms with Gasteiger partial charge in [0.2, 0.25) is 0 Å². The summed E-state index contributed by atoms with van der Waals surface area (Å²) in [6.45, 7) is 2.66. The van der Waals surface area contributed by atoms with E-state index in [4.69, 9.17) is 16.3 Å². The van der Waals surface area contributed by atoms with E-state index in [2.05, 4.69) is 22.2 Å². The molecule has 0 saturated heterocycles. The Morgan fingerprint density at radius 2 is 2.26 bits per heavy atom. The Hall–Kier alpha value is -0.870. The van der Waals surface area contributed by atoms with Gasteiger partial charge in [-0.3, -0.25) is 0 Å². The second kappa shape index (κ2) is 7.06. The Labute approximate surface area is 119 Å². The summed E-state index contributed by atoms with van der Waals surface area (Å²) < 4.78 is 5.05. The van der Waals surface area contributed by atoms with Crippen molar-refractivity contribution in [2.24, 2.45) is 5.92 Å². The van der Waals surface area contributed by atoms with Gasteiger partial charge in [0.05, 0.1) is 0 Å². The van der Waals surface area contributed by atoms with Crippen molar-refractivity contribution in [2.75, 3.05) is 12.4 Å². The minimum atomic E-state index is 0.386. The zero-order chi connectivity index (χ0) is 13.7. The van der Waals surface area contributed by atoms with Gasteiger partial charge < -0.3 is 10.1 Å². The highest BCUT2D eigenvalue weighted by Crippen LogP contribution is 2.28. The van der Waals surface area contributed by atoms with E-state index in [0.717, 1.165) is 11.7 Å². The first kappa shape index (κ1) is 14.5. The number of rotatable bonds is 5. The SMILES string of the molecule is CCC1CCCC(Nc2cc(Cl)nc(COC)n2)C1. The van der Waals surface area contributed by atoms with Gasteiger partial charge in [-0.15, -0.1) is 0 Å². The number of methoxy groups -OCH3 is 1. The van der Waals surface area contributed by atoms with E-state index in [0.29, 0.717) is 23.6 Å². The van der Waals surface area contributed by atoms with Crippen molar-refractivity contribution >= 4 is 17.4 Å². The fourth-order valence-corrected chi connectivity index (χ4v) is 2.94. The van der Waals surface area contributed by atoms with Crippen LogP contribution in [0.4, 0.5) is 5.82 Å². The summed E-state index contributed by atoms with van der Waals surface area (Å²) in [6.07, 6.45) is 6.33. The number of nitrogens with one attached hydrogen (secondary N) is 1. The lowest BCUT2D eigenvalue weighted by Crippen LogP contribution is -2.27. The summed E-state index contributed by atoms with van der Waals surface area (Å²) in [5, 5.41) is 3.96. The predicted octanol–water partition coefficient (Wildman–Crippen LogP) is 3.66. The third-order valence-corrected chi connectivity index (χ3v) is 3.92. The highest BCUT2D eigenvalue weighted by Gasteiger charge is 2.21. The van der Waals surface area contributed by atoms with E-state index < -0.39 is 0 Å². The van der Waals surface area contributed by atoms with Crippen LogP contribution in [0.2, 0.25) is 5.15 Å². The first-order valence-corrected chi connectivity index (χ1v) is 7.38. The first-order chi connectivity index (χ1) is 9.21. The van der Waals surface area contributed by atoms with Crippen molar-refractivity contribution in [1.29, 1.82) is 0 Å². The zero-order valence-electron chi connectivity index (χ0n) is 11.7. The third-order valence-electron chi connectivity index (χ3n) is 3.73. The molecule has 1 aliphatic carbocycles. The average Bonchev–Trinajstić information content (AvgIpc) is 2.38. The first-order valence-electron chi connectivity index (χ1n) is 7.00. The van der Waals surface area contributed by atoms with Crippen LogP contribution in [0.3, 0.4) is 0 Å². The maximum Gasteiger partial charge on any atom is 0.158 e.